The highest BCUT2D eigenvalue weighted by molar-refractivity contribution is 5.42. The van der Waals surface area contributed by atoms with Crippen molar-refractivity contribution in [1.82, 2.24) is 5.32 Å². The molecule has 0 aliphatic heterocycles. The summed E-state index contributed by atoms with van der Waals surface area (Å²) in [7, 11) is 3.24. The summed E-state index contributed by atoms with van der Waals surface area (Å²) in [6.07, 6.45) is 0. The van der Waals surface area contributed by atoms with Crippen LogP contribution < -0.4 is 14.8 Å². The lowest BCUT2D eigenvalue weighted by Gasteiger charge is -2.11. The molecule has 0 heterocycles. The molecule has 3 nitrogen and oxygen atoms in total. The molecule has 0 aliphatic rings. The Kier molecular flexibility index (Phi) is 5.17. The maximum Gasteiger partial charge on any atom is 0.161 e. The van der Waals surface area contributed by atoms with Gasteiger partial charge in [0.15, 0.2) is 11.5 Å². The predicted octanol–water partition coefficient (Wildman–Crippen LogP) is 3.44. The van der Waals surface area contributed by atoms with Crippen LogP contribution >= 0.6 is 0 Å². The van der Waals surface area contributed by atoms with Gasteiger partial charge in [-0.05, 0) is 47.9 Å². The van der Waals surface area contributed by atoms with E-state index in [1.165, 1.54) is 6.07 Å². The van der Waals surface area contributed by atoms with Gasteiger partial charge < -0.3 is 14.8 Å². The first-order chi connectivity index (χ1) is 10.1. The van der Waals surface area contributed by atoms with Crippen molar-refractivity contribution in [2.24, 2.45) is 0 Å². The first kappa shape index (κ1) is 15.3. The zero-order valence-corrected chi connectivity index (χ0v) is 12.6. The average molecular weight is 289 g/mol. The summed E-state index contributed by atoms with van der Waals surface area (Å²) in [5, 5.41) is 3.35. The second-order valence-electron chi connectivity index (χ2n) is 4.86. The topological polar surface area (TPSA) is 30.5 Å². The summed E-state index contributed by atoms with van der Waals surface area (Å²) in [6, 6.07) is 10.7. The van der Waals surface area contributed by atoms with E-state index in [9.17, 15) is 4.39 Å². The van der Waals surface area contributed by atoms with Crippen LogP contribution in [0.4, 0.5) is 4.39 Å². The highest BCUT2D eigenvalue weighted by Gasteiger charge is 2.05. The maximum absolute atomic E-state index is 13.0. The Morgan fingerprint density at radius 1 is 0.952 bits per heavy atom. The van der Waals surface area contributed by atoms with E-state index in [2.05, 4.69) is 5.32 Å². The standard InChI is InChI=1S/C17H20FNO2/c1-12-8-15(18)6-5-14(12)11-19-10-13-4-7-16(20-2)17(9-13)21-3/h4-9,19H,10-11H2,1-3H3. The van der Waals surface area contributed by atoms with Crippen LogP contribution in [0.25, 0.3) is 0 Å². The number of hydrogen-bond acceptors (Lipinski definition) is 3. The molecule has 0 fully saturated rings. The minimum atomic E-state index is -0.198. The van der Waals surface area contributed by atoms with E-state index in [0.29, 0.717) is 13.1 Å². The number of ether oxygens (including phenoxy) is 2. The lowest BCUT2D eigenvalue weighted by atomic mass is 10.1. The molecule has 0 aromatic heterocycles. The van der Waals surface area contributed by atoms with E-state index in [1.54, 1.807) is 20.3 Å². The molecule has 112 valence electrons. The van der Waals surface area contributed by atoms with Crippen LogP contribution in [0.5, 0.6) is 11.5 Å². The molecule has 0 amide bonds. The molecule has 0 aliphatic carbocycles. The monoisotopic (exact) mass is 289 g/mol. The van der Waals surface area contributed by atoms with E-state index < -0.39 is 0 Å². The molecule has 0 saturated carbocycles. The number of hydrogen-bond donors (Lipinski definition) is 1. The molecular formula is C17H20FNO2. The molecule has 2 aromatic rings. The first-order valence-corrected chi connectivity index (χ1v) is 6.80. The lowest BCUT2D eigenvalue weighted by molar-refractivity contribution is 0.354. The van der Waals surface area contributed by atoms with Crippen molar-refractivity contribution in [3.8, 4) is 11.5 Å². The second kappa shape index (κ2) is 7.09. The fourth-order valence-electron chi connectivity index (χ4n) is 2.19. The largest absolute Gasteiger partial charge is 0.493 e. The van der Waals surface area contributed by atoms with E-state index in [4.69, 9.17) is 9.47 Å². The maximum atomic E-state index is 13.0. The minimum Gasteiger partial charge on any atom is -0.493 e. The summed E-state index contributed by atoms with van der Waals surface area (Å²) < 4.78 is 23.5. The van der Waals surface area contributed by atoms with Crippen LogP contribution in [0.15, 0.2) is 36.4 Å². The normalized spacial score (nSPS) is 10.5. The third-order valence-electron chi connectivity index (χ3n) is 3.40. The fraction of sp³-hybridized carbons (Fsp3) is 0.294. The van der Waals surface area contributed by atoms with Crippen LogP contribution in [0.2, 0.25) is 0 Å². The molecule has 2 rings (SSSR count). The number of nitrogens with one attached hydrogen (secondary N) is 1. The molecule has 0 saturated heterocycles. The van der Waals surface area contributed by atoms with Crippen molar-refractivity contribution >= 4 is 0 Å². The lowest BCUT2D eigenvalue weighted by Crippen LogP contribution is -2.13. The molecule has 0 radical (unpaired) electrons. The van der Waals surface area contributed by atoms with Crippen molar-refractivity contribution in [1.29, 1.82) is 0 Å². The Hall–Kier alpha value is -2.07. The molecule has 0 atom stereocenters. The SMILES string of the molecule is COc1ccc(CNCc2ccc(F)cc2C)cc1OC. The van der Waals surface area contributed by atoms with Gasteiger partial charge in [0.05, 0.1) is 14.2 Å². The fourth-order valence-corrected chi connectivity index (χ4v) is 2.19. The zero-order chi connectivity index (χ0) is 15.2. The summed E-state index contributed by atoms with van der Waals surface area (Å²) in [5.41, 5.74) is 3.15. The summed E-state index contributed by atoms with van der Waals surface area (Å²) >= 11 is 0. The molecule has 21 heavy (non-hydrogen) atoms. The highest BCUT2D eigenvalue weighted by atomic mass is 19.1. The Morgan fingerprint density at radius 2 is 1.71 bits per heavy atom. The Bertz CT molecular complexity index is 614. The number of rotatable bonds is 6. The number of benzene rings is 2. The van der Waals surface area contributed by atoms with Crippen molar-refractivity contribution < 1.29 is 13.9 Å². The molecule has 2 aromatic carbocycles. The smallest absolute Gasteiger partial charge is 0.161 e. The average Bonchev–Trinajstić information content (AvgIpc) is 2.49. The van der Waals surface area contributed by atoms with Gasteiger partial charge in [-0.25, -0.2) is 4.39 Å². The minimum absolute atomic E-state index is 0.198. The van der Waals surface area contributed by atoms with Gasteiger partial charge >= 0.3 is 0 Å². The summed E-state index contributed by atoms with van der Waals surface area (Å²) in [6.45, 7) is 3.31. The molecule has 0 spiro atoms. The zero-order valence-electron chi connectivity index (χ0n) is 12.6. The van der Waals surface area contributed by atoms with Gasteiger partial charge in [0, 0.05) is 13.1 Å². The van der Waals surface area contributed by atoms with Gasteiger partial charge in [-0.1, -0.05) is 12.1 Å². The molecule has 4 heteroatoms. The number of halogens is 1. The third-order valence-corrected chi connectivity index (χ3v) is 3.40. The van der Waals surface area contributed by atoms with E-state index in [1.807, 2.05) is 31.2 Å². The van der Waals surface area contributed by atoms with Crippen LogP contribution in [0, 0.1) is 12.7 Å². The summed E-state index contributed by atoms with van der Waals surface area (Å²) in [5.74, 6) is 1.24. The quantitative estimate of drug-likeness (QED) is 0.883. The number of aryl methyl sites for hydroxylation is 1. The second-order valence-corrected chi connectivity index (χ2v) is 4.86. The molecule has 1 N–H and O–H groups in total. The van der Waals surface area contributed by atoms with Crippen LogP contribution in [0.1, 0.15) is 16.7 Å². The summed E-state index contributed by atoms with van der Waals surface area (Å²) in [4.78, 5) is 0. The van der Waals surface area contributed by atoms with Crippen molar-refractivity contribution in [2.45, 2.75) is 20.0 Å². The van der Waals surface area contributed by atoms with Gasteiger partial charge in [-0.3, -0.25) is 0 Å². The number of methoxy groups -OCH3 is 2. The Balaban J connectivity index is 1.97. The molecule has 0 bridgehead atoms. The van der Waals surface area contributed by atoms with Gasteiger partial charge in [-0.2, -0.15) is 0 Å². The predicted molar refractivity (Wildman–Crippen MR) is 81.2 cm³/mol. The molecular weight excluding hydrogens is 269 g/mol. The van der Waals surface area contributed by atoms with Crippen LogP contribution in [-0.4, -0.2) is 14.2 Å². The van der Waals surface area contributed by atoms with Gasteiger partial charge in [0.2, 0.25) is 0 Å². The first-order valence-electron chi connectivity index (χ1n) is 6.80. The van der Waals surface area contributed by atoms with Gasteiger partial charge in [-0.15, -0.1) is 0 Å². The third kappa shape index (κ3) is 3.95. The van der Waals surface area contributed by atoms with E-state index >= 15 is 0 Å². The van der Waals surface area contributed by atoms with Crippen molar-refractivity contribution in [3.63, 3.8) is 0 Å². The molecule has 0 unspecified atom stereocenters. The van der Waals surface area contributed by atoms with Crippen molar-refractivity contribution in [2.75, 3.05) is 14.2 Å². The van der Waals surface area contributed by atoms with Crippen LogP contribution in [-0.2, 0) is 13.1 Å². The van der Waals surface area contributed by atoms with Crippen LogP contribution in [0.3, 0.4) is 0 Å². The van der Waals surface area contributed by atoms with Gasteiger partial charge in [0.1, 0.15) is 5.82 Å². The van der Waals surface area contributed by atoms with Crippen molar-refractivity contribution in [3.05, 3.63) is 58.9 Å². The van der Waals surface area contributed by atoms with E-state index in [0.717, 1.165) is 28.2 Å². The Labute approximate surface area is 124 Å². The highest BCUT2D eigenvalue weighted by Crippen LogP contribution is 2.27. The van der Waals surface area contributed by atoms with Gasteiger partial charge in [0.25, 0.3) is 0 Å². The van der Waals surface area contributed by atoms with E-state index in [-0.39, 0.29) is 5.82 Å². The Morgan fingerprint density at radius 3 is 2.38 bits per heavy atom.